The zero-order valence-electron chi connectivity index (χ0n) is 12.2. The Labute approximate surface area is 121 Å². The van der Waals surface area contributed by atoms with Gasteiger partial charge in [0, 0.05) is 18.6 Å². The quantitative estimate of drug-likeness (QED) is 0.847. The standard InChI is InChI=1S/C13H21NO4S2/c1-5-11(14-2)8-10-6-7-12(19(3,15)16)9-13(10)20(4,17)18/h6-7,9,11,14H,5,8H2,1-4H3. The van der Waals surface area contributed by atoms with E-state index in [0.29, 0.717) is 12.0 Å². The highest BCUT2D eigenvalue weighted by atomic mass is 32.2. The van der Waals surface area contributed by atoms with Gasteiger partial charge in [-0.15, -0.1) is 0 Å². The second kappa shape index (κ2) is 6.24. The van der Waals surface area contributed by atoms with E-state index in [1.165, 1.54) is 12.1 Å². The van der Waals surface area contributed by atoms with Crippen LogP contribution in [0.3, 0.4) is 0 Å². The minimum Gasteiger partial charge on any atom is -0.317 e. The van der Waals surface area contributed by atoms with E-state index in [2.05, 4.69) is 5.32 Å². The molecule has 0 amide bonds. The molecule has 0 heterocycles. The van der Waals surface area contributed by atoms with Crippen molar-refractivity contribution in [3.8, 4) is 0 Å². The molecule has 1 rings (SSSR count). The van der Waals surface area contributed by atoms with Crippen molar-refractivity contribution in [3.05, 3.63) is 23.8 Å². The third kappa shape index (κ3) is 4.29. The molecule has 7 heteroatoms. The molecule has 0 aliphatic carbocycles. The molecule has 5 nitrogen and oxygen atoms in total. The van der Waals surface area contributed by atoms with Crippen molar-refractivity contribution in [1.82, 2.24) is 5.32 Å². The molecular formula is C13H21NO4S2. The van der Waals surface area contributed by atoms with Crippen LogP contribution >= 0.6 is 0 Å². The molecule has 1 N–H and O–H groups in total. The fraction of sp³-hybridized carbons (Fsp3) is 0.538. The Morgan fingerprint density at radius 2 is 1.70 bits per heavy atom. The van der Waals surface area contributed by atoms with Crippen LogP contribution in [-0.4, -0.2) is 42.4 Å². The van der Waals surface area contributed by atoms with Gasteiger partial charge in [0.15, 0.2) is 19.7 Å². The SMILES string of the molecule is CCC(Cc1ccc(S(C)(=O)=O)cc1S(C)(=O)=O)NC. The third-order valence-electron chi connectivity index (χ3n) is 3.23. The first kappa shape index (κ1) is 17.1. The minimum absolute atomic E-state index is 0.0270. The first-order valence-electron chi connectivity index (χ1n) is 6.30. The Morgan fingerprint density at radius 1 is 1.10 bits per heavy atom. The lowest BCUT2D eigenvalue weighted by molar-refractivity contribution is 0.537. The van der Waals surface area contributed by atoms with E-state index in [4.69, 9.17) is 0 Å². The summed E-state index contributed by atoms with van der Waals surface area (Å²) in [7, 11) is -5.07. The Bertz CT molecular complexity index is 674. The molecule has 1 aromatic rings. The summed E-state index contributed by atoms with van der Waals surface area (Å²) in [6.07, 6.45) is 3.56. The second-order valence-corrected chi connectivity index (χ2v) is 8.91. The molecule has 1 aromatic carbocycles. The maximum atomic E-state index is 11.9. The van der Waals surface area contributed by atoms with Crippen LogP contribution in [-0.2, 0) is 26.1 Å². The highest BCUT2D eigenvalue weighted by Gasteiger charge is 2.19. The molecule has 1 atom stereocenters. The van der Waals surface area contributed by atoms with Crippen LogP contribution in [0.5, 0.6) is 0 Å². The van der Waals surface area contributed by atoms with Gasteiger partial charge >= 0.3 is 0 Å². The summed E-state index contributed by atoms with van der Waals surface area (Å²) in [4.78, 5) is 0.119. The highest BCUT2D eigenvalue weighted by molar-refractivity contribution is 7.91. The lowest BCUT2D eigenvalue weighted by Crippen LogP contribution is -2.27. The maximum Gasteiger partial charge on any atom is 0.175 e. The van der Waals surface area contributed by atoms with Crippen LogP contribution in [0.1, 0.15) is 18.9 Å². The predicted octanol–water partition coefficient (Wildman–Crippen LogP) is 1.03. The largest absolute Gasteiger partial charge is 0.317 e. The van der Waals surface area contributed by atoms with Crippen LogP contribution in [0.25, 0.3) is 0 Å². The number of hydrogen-bond acceptors (Lipinski definition) is 5. The average molecular weight is 319 g/mol. The Hall–Kier alpha value is -0.920. The third-order valence-corrected chi connectivity index (χ3v) is 5.52. The van der Waals surface area contributed by atoms with Crippen molar-refractivity contribution in [2.24, 2.45) is 0 Å². The van der Waals surface area contributed by atoms with Crippen LogP contribution in [0, 0.1) is 0 Å². The van der Waals surface area contributed by atoms with E-state index in [1.807, 2.05) is 14.0 Å². The van der Waals surface area contributed by atoms with Crippen molar-refractivity contribution in [2.75, 3.05) is 19.6 Å². The summed E-state index contributed by atoms with van der Waals surface area (Å²) in [6, 6.07) is 4.45. The molecule has 0 aliphatic rings. The number of sulfone groups is 2. The van der Waals surface area contributed by atoms with Gasteiger partial charge in [-0.05, 0) is 37.6 Å². The van der Waals surface area contributed by atoms with Crippen LogP contribution in [0.2, 0.25) is 0 Å². The summed E-state index contributed by atoms with van der Waals surface area (Å²) in [5.41, 5.74) is 0.640. The van der Waals surface area contributed by atoms with Crippen molar-refractivity contribution in [1.29, 1.82) is 0 Å². The normalized spacial score (nSPS) is 14.2. The van der Waals surface area contributed by atoms with Gasteiger partial charge in [0.25, 0.3) is 0 Å². The van der Waals surface area contributed by atoms with E-state index >= 15 is 0 Å². The van der Waals surface area contributed by atoms with Crippen molar-refractivity contribution >= 4 is 19.7 Å². The molecule has 0 bridgehead atoms. The van der Waals surface area contributed by atoms with Gasteiger partial charge in [-0.1, -0.05) is 13.0 Å². The molecule has 0 aliphatic heterocycles. The highest BCUT2D eigenvalue weighted by Crippen LogP contribution is 2.22. The number of hydrogen-bond donors (Lipinski definition) is 1. The molecule has 0 spiro atoms. The summed E-state index contributed by atoms with van der Waals surface area (Å²) >= 11 is 0. The summed E-state index contributed by atoms with van der Waals surface area (Å²) < 4.78 is 46.9. The molecule has 0 radical (unpaired) electrons. The predicted molar refractivity (Wildman–Crippen MR) is 79.5 cm³/mol. The zero-order valence-corrected chi connectivity index (χ0v) is 13.8. The lowest BCUT2D eigenvalue weighted by atomic mass is 10.0. The fourth-order valence-corrected chi connectivity index (χ4v) is 3.69. The van der Waals surface area contributed by atoms with Gasteiger partial charge in [0.2, 0.25) is 0 Å². The van der Waals surface area contributed by atoms with Crippen molar-refractivity contribution in [3.63, 3.8) is 0 Å². The minimum atomic E-state index is -3.47. The topological polar surface area (TPSA) is 80.3 Å². The van der Waals surface area contributed by atoms with E-state index in [1.54, 1.807) is 6.07 Å². The van der Waals surface area contributed by atoms with Gasteiger partial charge in [0.1, 0.15) is 0 Å². The number of benzene rings is 1. The van der Waals surface area contributed by atoms with Gasteiger partial charge in [-0.25, -0.2) is 16.8 Å². The molecule has 0 fully saturated rings. The van der Waals surface area contributed by atoms with Crippen LogP contribution in [0.15, 0.2) is 28.0 Å². The molecule has 20 heavy (non-hydrogen) atoms. The molecule has 114 valence electrons. The molecular weight excluding hydrogens is 298 g/mol. The van der Waals surface area contributed by atoms with E-state index < -0.39 is 19.7 Å². The summed E-state index contributed by atoms with van der Waals surface area (Å²) in [5.74, 6) is 0. The number of rotatable bonds is 6. The number of likely N-dealkylation sites (N-methyl/N-ethyl adjacent to an activating group) is 1. The van der Waals surface area contributed by atoms with E-state index in [0.717, 1.165) is 18.9 Å². The maximum absolute atomic E-state index is 11.9. The van der Waals surface area contributed by atoms with Crippen molar-refractivity contribution < 1.29 is 16.8 Å². The summed E-state index contributed by atoms with van der Waals surface area (Å²) in [6.45, 7) is 2.01. The van der Waals surface area contributed by atoms with E-state index in [-0.39, 0.29) is 15.8 Å². The van der Waals surface area contributed by atoms with Gasteiger partial charge in [-0.2, -0.15) is 0 Å². The number of nitrogens with one attached hydrogen (secondary N) is 1. The smallest absolute Gasteiger partial charge is 0.175 e. The van der Waals surface area contributed by atoms with Crippen LogP contribution in [0.4, 0.5) is 0 Å². The Kier molecular flexibility index (Phi) is 5.34. The van der Waals surface area contributed by atoms with Gasteiger partial charge in [-0.3, -0.25) is 0 Å². The first-order chi connectivity index (χ1) is 9.09. The van der Waals surface area contributed by atoms with Gasteiger partial charge < -0.3 is 5.32 Å². The molecule has 0 saturated carbocycles. The average Bonchev–Trinajstić information content (AvgIpc) is 2.33. The molecule has 0 saturated heterocycles. The monoisotopic (exact) mass is 319 g/mol. The zero-order chi connectivity index (χ0) is 15.6. The molecule has 1 unspecified atom stereocenters. The molecule has 0 aromatic heterocycles. The summed E-state index contributed by atoms with van der Waals surface area (Å²) in [5, 5.41) is 3.11. The Morgan fingerprint density at radius 3 is 2.10 bits per heavy atom. The fourth-order valence-electron chi connectivity index (χ4n) is 2.00. The lowest BCUT2D eigenvalue weighted by Gasteiger charge is -2.16. The van der Waals surface area contributed by atoms with E-state index in [9.17, 15) is 16.8 Å². The Balaban J connectivity index is 3.40. The second-order valence-electron chi connectivity index (χ2n) is 4.91. The van der Waals surface area contributed by atoms with Crippen LogP contribution < -0.4 is 5.32 Å². The van der Waals surface area contributed by atoms with Gasteiger partial charge in [0.05, 0.1) is 9.79 Å². The van der Waals surface area contributed by atoms with Crippen molar-refractivity contribution in [2.45, 2.75) is 35.6 Å². The first-order valence-corrected chi connectivity index (χ1v) is 10.1.